The lowest BCUT2D eigenvalue weighted by molar-refractivity contribution is 0.0955. The van der Waals surface area contributed by atoms with Gasteiger partial charge in [-0.05, 0) is 41.1 Å². The summed E-state index contributed by atoms with van der Waals surface area (Å²) < 4.78 is 13.3. The van der Waals surface area contributed by atoms with E-state index in [2.05, 4.69) is 21.2 Å². The molecule has 70 valence electrons. The minimum absolute atomic E-state index is 0.256. The quantitative estimate of drug-likeness (QED) is 0.852. The summed E-state index contributed by atoms with van der Waals surface area (Å²) in [5, 5.41) is 2.59. The maximum atomic E-state index is 13.0. The van der Waals surface area contributed by atoms with E-state index in [1.165, 1.54) is 12.1 Å². The maximum absolute atomic E-state index is 13.0. The minimum Gasteiger partial charge on any atom is -0.352 e. The van der Waals surface area contributed by atoms with Gasteiger partial charge in [-0.2, -0.15) is 0 Å². The van der Waals surface area contributed by atoms with Gasteiger partial charge in [0.2, 0.25) is 0 Å². The van der Waals surface area contributed by atoms with Gasteiger partial charge in [0.1, 0.15) is 5.82 Å². The molecule has 1 aromatic carbocycles. The number of hydrogen-bond acceptors (Lipinski definition) is 1. The standard InChI is InChI=1S/C9H9BrFNO/c1-2-12-9(13)6-3-4-7(10)8(11)5-6/h3-5H,2H2,1H3,(H,12,13). The second-order valence-electron chi connectivity index (χ2n) is 2.49. The third-order valence-corrected chi connectivity index (χ3v) is 2.16. The maximum Gasteiger partial charge on any atom is 0.251 e. The van der Waals surface area contributed by atoms with E-state index in [9.17, 15) is 9.18 Å². The molecule has 2 nitrogen and oxygen atoms in total. The number of halogens is 2. The number of benzene rings is 1. The fourth-order valence-corrected chi connectivity index (χ4v) is 1.15. The van der Waals surface area contributed by atoms with Crippen LogP contribution in [0.25, 0.3) is 0 Å². The summed E-state index contributed by atoms with van der Waals surface area (Å²) in [5.74, 6) is -0.683. The van der Waals surface area contributed by atoms with Crippen LogP contribution in [0.1, 0.15) is 17.3 Å². The Balaban J connectivity index is 2.90. The molecule has 1 amide bonds. The Labute approximate surface area is 84.3 Å². The molecule has 13 heavy (non-hydrogen) atoms. The fraction of sp³-hybridized carbons (Fsp3) is 0.222. The topological polar surface area (TPSA) is 29.1 Å². The molecule has 0 heterocycles. The van der Waals surface area contributed by atoms with Crippen LogP contribution >= 0.6 is 15.9 Å². The summed E-state index contributed by atoms with van der Waals surface area (Å²) in [5.41, 5.74) is 0.336. The van der Waals surface area contributed by atoms with Gasteiger partial charge in [-0.15, -0.1) is 0 Å². The highest BCUT2D eigenvalue weighted by Gasteiger charge is 2.06. The molecule has 1 N–H and O–H groups in total. The van der Waals surface area contributed by atoms with Gasteiger partial charge in [-0.3, -0.25) is 4.79 Å². The van der Waals surface area contributed by atoms with Crippen molar-refractivity contribution in [1.29, 1.82) is 0 Å². The highest BCUT2D eigenvalue weighted by atomic mass is 79.9. The molecule has 0 fully saturated rings. The van der Waals surface area contributed by atoms with Crippen molar-refractivity contribution in [3.8, 4) is 0 Å². The Morgan fingerprint density at radius 3 is 2.85 bits per heavy atom. The second kappa shape index (κ2) is 4.37. The van der Waals surface area contributed by atoms with E-state index in [1.807, 2.05) is 6.92 Å². The van der Waals surface area contributed by atoms with Crippen LogP contribution in [0.4, 0.5) is 4.39 Å². The molecule has 0 aliphatic rings. The van der Waals surface area contributed by atoms with Crippen LogP contribution < -0.4 is 5.32 Å². The zero-order valence-electron chi connectivity index (χ0n) is 7.10. The molecule has 0 aromatic heterocycles. The molecule has 0 aliphatic carbocycles. The molecule has 1 rings (SSSR count). The average molecular weight is 246 g/mol. The summed E-state index contributed by atoms with van der Waals surface area (Å²) in [7, 11) is 0. The van der Waals surface area contributed by atoms with Gasteiger partial charge in [0.05, 0.1) is 4.47 Å². The van der Waals surface area contributed by atoms with Crippen molar-refractivity contribution in [2.45, 2.75) is 6.92 Å². The smallest absolute Gasteiger partial charge is 0.251 e. The highest BCUT2D eigenvalue weighted by molar-refractivity contribution is 9.10. The van der Waals surface area contributed by atoms with Crippen molar-refractivity contribution in [2.75, 3.05) is 6.54 Å². The van der Waals surface area contributed by atoms with E-state index < -0.39 is 5.82 Å². The first kappa shape index (κ1) is 10.2. The molecule has 0 atom stereocenters. The van der Waals surface area contributed by atoms with Crippen molar-refractivity contribution >= 4 is 21.8 Å². The van der Waals surface area contributed by atoms with Gasteiger partial charge in [0.25, 0.3) is 5.91 Å². The number of carbonyl (C=O) groups is 1. The Kier molecular flexibility index (Phi) is 3.42. The highest BCUT2D eigenvalue weighted by Crippen LogP contribution is 2.16. The van der Waals surface area contributed by atoms with E-state index in [0.29, 0.717) is 16.6 Å². The van der Waals surface area contributed by atoms with Gasteiger partial charge in [-0.25, -0.2) is 4.39 Å². The number of amides is 1. The normalized spacial score (nSPS) is 9.77. The molecule has 1 aromatic rings. The lowest BCUT2D eigenvalue weighted by atomic mass is 10.2. The van der Waals surface area contributed by atoms with E-state index >= 15 is 0 Å². The third kappa shape index (κ3) is 2.52. The van der Waals surface area contributed by atoms with Crippen LogP contribution in [0.5, 0.6) is 0 Å². The van der Waals surface area contributed by atoms with Crippen molar-refractivity contribution in [1.82, 2.24) is 5.32 Å². The first-order chi connectivity index (χ1) is 6.15. The minimum atomic E-state index is -0.427. The largest absolute Gasteiger partial charge is 0.352 e. The zero-order valence-corrected chi connectivity index (χ0v) is 8.69. The molecule has 0 saturated heterocycles. The van der Waals surface area contributed by atoms with E-state index in [1.54, 1.807) is 6.07 Å². The molecule has 0 unspecified atom stereocenters. The number of carbonyl (C=O) groups excluding carboxylic acids is 1. The first-order valence-corrected chi connectivity index (χ1v) is 4.67. The van der Waals surface area contributed by atoms with Crippen molar-refractivity contribution < 1.29 is 9.18 Å². The van der Waals surface area contributed by atoms with Gasteiger partial charge in [0.15, 0.2) is 0 Å². The van der Waals surface area contributed by atoms with Crippen LogP contribution in [-0.4, -0.2) is 12.5 Å². The van der Waals surface area contributed by atoms with Crippen LogP contribution in [0.2, 0.25) is 0 Å². The predicted octanol–water partition coefficient (Wildman–Crippen LogP) is 2.34. The molecule has 4 heteroatoms. The lowest BCUT2D eigenvalue weighted by Crippen LogP contribution is -2.22. The summed E-state index contributed by atoms with van der Waals surface area (Å²) in [6.07, 6.45) is 0. The summed E-state index contributed by atoms with van der Waals surface area (Å²) in [6.45, 7) is 2.35. The van der Waals surface area contributed by atoms with Gasteiger partial charge >= 0.3 is 0 Å². The fourth-order valence-electron chi connectivity index (χ4n) is 0.900. The summed E-state index contributed by atoms with van der Waals surface area (Å²) >= 11 is 3.01. The summed E-state index contributed by atoms with van der Waals surface area (Å²) in [4.78, 5) is 11.2. The third-order valence-electron chi connectivity index (χ3n) is 1.52. The van der Waals surface area contributed by atoms with Crippen LogP contribution in [0.3, 0.4) is 0 Å². The Morgan fingerprint density at radius 1 is 1.62 bits per heavy atom. The van der Waals surface area contributed by atoms with E-state index in [0.717, 1.165) is 0 Å². The van der Waals surface area contributed by atoms with Crippen molar-refractivity contribution in [3.05, 3.63) is 34.1 Å². The van der Waals surface area contributed by atoms with Crippen LogP contribution in [0, 0.1) is 5.82 Å². The molecule has 0 radical (unpaired) electrons. The number of rotatable bonds is 2. The van der Waals surface area contributed by atoms with Gasteiger partial charge < -0.3 is 5.32 Å². The lowest BCUT2D eigenvalue weighted by Gasteiger charge is -2.02. The molecule has 0 saturated carbocycles. The van der Waals surface area contributed by atoms with Crippen LogP contribution in [0.15, 0.2) is 22.7 Å². The Hall–Kier alpha value is -0.900. The van der Waals surface area contributed by atoms with Gasteiger partial charge in [0, 0.05) is 12.1 Å². The second-order valence-corrected chi connectivity index (χ2v) is 3.34. The van der Waals surface area contributed by atoms with Crippen molar-refractivity contribution in [3.63, 3.8) is 0 Å². The Morgan fingerprint density at radius 2 is 2.31 bits per heavy atom. The predicted molar refractivity (Wildman–Crippen MR) is 52.1 cm³/mol. The number of nitrogens with one attached hydrogen (secondary N) is 1. The monoisotopic (exact) mass is 245 g/mol. The molecular formula is C9H9BrFNO. The summed E-state index contributed by atoms with van der Waals surface area (Å²) in [6, 6.07) is 4.28. The van der Waals surface area contributed by atoms with Crippen LogP contribution in [-0.2, 0) is 0 Å². The molecule has 0 bridgehead atoms. The number of hydrogen-bond donors (Lipinski definition) is 1. The van der Waals surface area contributed by atoms with E-state index in [4.69, 9.17) is 0 Å². The van der Waals surface area contributed by atoms with Crippen molar-refractivity contribution in [2.24, 2.45) is 0 Å². The van der Waals surface area contributed by atoms with E-state index in [-0.39, 0.29) is 5.91 Å². The zero-order chi connectivity index (χ0) is 9.84. The SMILES string of the molecule is CCNC(=O)c1ccc(Br)c(F)c1. The molecular weight excluding hydrogens is 237 g/mol. The first-order valence-electron chi connectivity index (χ1n) is 3.88. The Bertz CT molecular complexity index is 327. The molecule has 0 spiro atoms. The average Bonchev–Trinajstić information content (AvgIpc) is 2.10. The van der Waals surface area contributed by atoms with Gasteiger partial charge in [-0.1, -0.05) is 0 Å². The molecule has 0 aliphatic heterocycles.